The summed E-state index contributed by atoms with van der Waals surface area (Å²) in [6, 6.07) is 3.62. The lowest BCUT2D eigenvalue weighted by Crippen LogP contribution is -2.63. The highest BCUT2D eigenvalue weighted by molar-refractivity contribution is 5.98. The summed E-state index contributed by atoms with van der Waals surface area (Å²) >= 11 is 0. The van der Waals surface area contributed by atoms with Crippen molar-refractivity contribution in [2.24, 2.45) is 0 Å². The zero-order valence-corrected chi connectivity index (χ0v) is 22.4. The van der Waals surface area contributed by atoms with Crippen LogP contribution in [-0.2, 0) is 0 Å². The first kappa shape index (κ1) is 25.5. The Morgan fingerprint density at radius 2 is 2.05 bits per heavy atom. The first-order valence-electron chi connectivity index (χ1n) is 13.8. The Hall–Kier alpha value is -3.51. The van der Waals surface area contributed by atoms with Crippen molar-refractivity contribution >= 4 is 27.6 Å². The second-order valence-electron chi connectivity index (χ2n) is 11.4. The minimum absolute atomic E-state index is 0.0548. The highest BCUT2D eigenvalue weighted by Gasteiger charge is 2.51. The topological polar surface area (TPSA) is 95.1 Å². The van der Waals surface area contributed by atoms with Crippen molar-refractivity contribution in [2.45, 2.75) is 56.7 Å². The molecule has 7 rings (SSSR count). The minimum Gasteiger partial charge on any atom is -0.462 e. The fourth-order valence-electron chi connectivity index (χ4n) is 6.60. The van der Waals surface area contributed by atoms with Crippen molar-refractivity contribution < 1.29 is 17.9 Å². The largest absolute Gasteiger partial charge is 0.462 e. The molecule has 0 spiro atoms. The van der Waals surface area contributed by atoms with Crippen molar-refractivity contribution in [2.75, 3.05) is 38.2 Å². The number of H-pyrrole nitrogens is 1. The van der Waals surface area contributed by atoms with Crippen LogP contribution in [0, 0.1) is 12.7 Å². The maximum Gasteiger partial charge on any atom is 0.319 e. The summed E-state index contributed by atoms with van der Waals surface area (Å²) in [4.78, 5) is 18.4. The van der Waals surface area contributed by atoms with Crippen LogP contribution in [0.5, 0.6) is 6.01 Å². The number of aromatic nitrogens is 5. The van der Waals surface area contributed by atoms with E-state index in [0.717, 1.165) is 24.8 Å². The molecule has 1 aromatic carbocycles. The summed E-state index contributed by atoms with van der Waals surface area (Å²) in [5.74, 6) is 0.164. The lowest BCUT2D eigenvalue weighted by Gasteiger charge is -2.41. The molecule has 0 amide bonds. The van der Waals surface area contributed by atoms with E-state index < -0.39 is 12.0 Å². The third-order valence-corrected chi connectivity index (χ3v) is 8.88. The van der Waals surface area contributed by atoms with E-state index in [0.29, 0.717) is 65.1 Å². The van der Waals surface area contributed by atoms with Gasteiger partial charge in [-0.05, 0) is 63.9 Å². The van der Waals surface area contributed by atoms with E-state index in [1.807, 2.05) is 4.90 Å². The Bertz CT molecular complexity index is 1600. The number of benzene rings is 1. The number of hydrogen-bond donors (Lipinski definition) is 2. The van der Waals surface area contributed by atoms with Gasteiger partial charge in [-0.3, -0.25) is 10.1 Å². The quantitative estimate of drug-likeness (QED) is 0.370. The Morgan fingerprint density at radius 1 is 1.18 bits per heavy atom. The molecule has 3 fully saturated rings. The Labute approximate surface area is 229 Å². The van der Waals surface area contributed by atoms with Crippen molar-refractivity contribution in [1.82, 2.24) is 35.4 Å². The van der Waals surface area contributed by atoms with E-state index >= 15 is 0 Å². The number of fused-ring (bicyclic) bond motifs is 4. The molecule has 210 valence electrons. The van der Waals surface area contributed by atoms with Crippen LogP contribution in [0.1, 0.15) is 31.2 Å². The molecule has 6 heterocycles. The summed E-state index contributed by atoms with van der Waals surface area (Å²) in [5.41, 5.74) is 1.47. The minimum atomic E-state index is -2.50. The van der Waals surface area contributed by atoms with Gasteiger partial charge in [0.25, 0.3) is 6.43 Å². The molecule has 2 bridgehead atoms. The number of likely N-dealkylation sites (N-methyl/N-ethyl adjacent to an activating group) is 1. The molecule has 12 heteroatoms. The van der Waals surface area contributed by atoms with Gasteiger partial charge in [0, 0.05) is 42.3 Å². The van der Waals surface area contributed by atoms with Gasteiger partial charge >= 0.3 is 6.01 Å². The maximum absolute atomic E-state index is 14.8. The highest BCUT2D eigenvalue weighted by atomic mass is 19.3. The summed E-state index contributed by atoms with van der Waals surface area (Å²) in [6.07, 6.45) is 4.04. The predicted molar refractivity (Wildman–Crippen MR) is 145 cm³/mol. The van der Waals surface area contributed by atoms with Crippen LogP contribution < -0.4 is 15.0 Å². The molecule has 2 N–H and O–H groups in total. The molecule has 3 atom stereocenters. The van der Waals surface area contributed by atoms with Gasteiger partial charge in [0.1, 0.15) is 18.2 Å². The van der Waals surface area contributed by atoms with E-state index in [-0.39, 0.29) is 30.5 Å². The van der Waals surface area contributed by atoms with Gasteiger partial charge in [-0.15, -0.1) is 0 Å². The van der Waals surface area contributed by atoms with Crippen LogP contribution in [-0.4, -0.2) is 87.4 Å². The number of rotatable bonds is 6. The molecule has 3 aromatic heterocycles. The van der Waals surface area contributed by atoms with Gasteiger partial charge in [0.05, 0.1) is 33.8 Å². The standard InChI is InChI=1S/C28H31F3N8O/c1-15-20(29)8-22-18(11-33-37-22)24(15)23-9-21-19(10-32-23)25(35-27(34-21)40-13-17-4-3-7-38(17)2)39-12-16-5-6-28(14-39,36-16)26(30)31/h8-11,16-17,26,36H,3-7,12-14H2,1-2H3,(H,33,37). The maximum atomic E-state index is 14.8. The molecule has 3 aliphatic rings. The van der Waals surface area contributed by atoms with Crippen LogP contribution >= 0.6 is 0 Å². The number of hydrogen-bond acceptors (Lipinski definition) is 8. The highest BCUT2D eigenvalue weighted by Crippen LogP contribution is 2.39. The smallest absolute Gasteiger partial charge is 0.319 e. The fraction of sp³-hybridized carbons (Fsp3) is 0.500. The molecule has 9 nitrogen and oxygen atoms in total. The molecule has 3 aliphatic heterocycles. The van der Waals surface area contributed by atoms with Gasteiger partial charge in [0.15, 0.2) is 0 Å². The number of likely N-dealkylation sites (tertiary alicyclic amines) is 1. The monoisotopic (exact) mass is 552 g/mol. The number of alkyl halides is 2. The third-order valence-electron chi connectivity index (χ3n) is 8.88. The lowest BCUT2D eigenvalue weighted by molar-refractivity contribution is 0.0367. The summed E-state index contributed by atoms with van der Waals surface area (Å²) in [6.45, 7) is 3.83. The number of nitrogens with zero attached hydrogens (tertiary/aromatic N) is 6. The summed E-state index contributed by atoms with van der Waals surface area (Å²) in [7, 11) is 2.07. The van der Waals surface area contributed by atoms with E-state index in [4.69, 9.17) is 19.7 Å². The van der Waals surface area contributed by atoms with Crippen LogP contribution in [0.25, 0.3) is 33.1 Å². The number of nitrogens with one attached hydrogen (secondary N) is 2. The second kappa shape index (κ2) is 9.55. The van der Waals surface area contributed by atoms with Crippen molar-refractivity contribution in [3.63, 3.8) is 0 Å². The summed E-state index contributed by atoms with van der Waals surface area (Å²) in [5, 5.41) is 11.5. The SMILES string of the molecule is Cc1c(F)cc2[nH]ncc2c1-c1cc2nc(OCC3CCCN3C)nc(N3CC4CCC(C(F)F)(C3)N4)c2cn1. The van der Waals surface area contributed by atoms with E-state index in [2.05, 4.69) is 27.5 Å². The average Bonchev–Trinajstić information content (AvgIpc) is 3.66. The fourth-order valence-corrected chi connectivity index (χ4v) is 6.60. The number of aromatic amines is 1. The van der Waals surface area contributed by atoms with Crippen molar-refractivity contribution in [3.05, 3.63) is 35.9 Å². The number of anilines is 1. The van der Waals surface area contributed by atoms with Crippen molar-refractivity contribution in [3.8, 4) is 17.3 Å². The predicted octanol–water partition coefficient (Wildman–Crippen LogP) is 4.06. The molecule has 3 unspecified atom stereocenters. The van der Waals surface area contributed by atoms with E-state index in [1.165, 1.54) is 6.07 Å². The molecule has 0 saturated carbocycles. The second-order valence-corrected chi connectivity index (χ2v) is 11.4. The first-order chi connectivity index (χ1) is 19.3. The van der Waals surface area contributed by atoms with Crippen LogP contribution in [0.3, 0.4) is 0 Å². The van der Waals surface area contributed by atoms with Crippen LogP contribution in [0.4, 0.5) is 19.0 Å². The molecular weight excluding hydrogens is 521 g/mol. The number of piperazine rings is 1. The molecule has 0 radical (unpaired) electrons. The van der Waals surface area contributed by atoms with Gasteiger partial charge < -0.3 is 19.9 Å². The average molecular weight is 553 g/mol. The van der Waals surface area contributed by atoms with Gasteiger partial charge in [-0.2, -0.15) is 15.1 Å². The zero-order chi connectivity index (χ0) is 27.6. The van der Waals surface area contributed by atoms with Gasteiger partial charge in [-0.25, -0.2) is 13.2 Å². The lowest BCUT2D eigenvalue weighted by atomic mass is 9.97. The number of halogens is 3. The summed E-state index contributed by atoms with van der Waals surface area (Å²) < 4.78 is 49.4. The Morgan fingerprint density at radius 3 is 2.85 bits per heavy atom. The van der Waals surface area contributed by atoms with Crippen molar-refractivity contribution in [1.29, 1.82) is 0 Å². The van der Waals surface area contributed by atoms with E-state index in [9.17, 15) is 13.2 Å². The molecule has 40 heavy (non-hydrogen) atoms. The van der Waals surface area contributed by atoms with Gasteiger partial charge in [-0.1, -0.05) is 0 Å². The molecular formula is C28H31F3N8O. The zero-order valence-electron chi connectivity index (χ0n) is 22.4. The first-order valence-corrected chi connectivity index (χ1v) is 13.8. The molecule has 4 aromatic rings. The Balaban J connectivity index is 1.34. The molecule has 0 aliphatic carbocycles. The Kier molecular flexibility index (Phi) is 6.08. The molecule has 3 saturated heterocycles. The van der Waals surface area contributed by atoms with Gasteiger partial charge in [0.2, 0.25) is 0 Å². The number of pyridine rings is 1. The van der Waals surface area contributed by atoms with Crippen LogP contribution in [0.15, 0.2) is 24.5 Å². The normalized spacial score (nSPS) is 25.1. The van der Waals surface area contributed by atoms with Crippen LogP contribution in [0.2, 0.25) is 0 Å². The van der Waals surface area contributed by atoms with E-state index in [1.54, 1.807) is 25.4 Å². The number of ether oxygens (including phenoxy) is 1. The third kappa shape index (κ3) is 4.15.